The summed E-state index contributed by atoms with van der Waals surface area (Å²) in [5, 5.41) is 6.74. The van der Waals surface area contributed by atoms with Gasteiger partial charge in [0, 0.05) is 22.7 Å². The van der Waals surface area contributed by atoms with E-state index >= 15 is 0 Å². The van der Waals surface area contributed by atoms with E-state index in [0.29, 0.717) is 16.8 Å². The van der Waals surface area contributed by atoms with Crippen LogP contribution in [0.3, 0.4) is 0 Å². The standard InChI is InChI=1S/C11H10BrClN4/c1-14-11-15-5-4-10(17-11)16-9-3-2-7(13)6-8(9)12/h2-6H,1H3,(H2,14,15,16,17). The van der Waals surface area contributed by atoms with Crippen LogP contribution >= 0.6 is 27.5 Å². The van der Waals surface area contributed by atoms with Crippen LogP contribution in [-0.4, -0.2) is 17.0 Å². The quantitative estimate of drug-likeness (QED) is 0.907. The van der Waals surface area contributed by atoms with Gasteiger partial charge in [-0.1, -0.05) is 11.6 Å². The second kappa shape index (κ2) is 5.33. The Morgan fingerprint density at radius 3 is 2.82 bits per heavy atom. The molecule has 0 amide bonds. The van der Waals surface area contributed by atoms with E-state index in [1.165, 1.54) is 0 Å². The van der Waals surface area contributed by atoms with Crippen LogP contribution in [0.1, 0.15) is 0 Å². The lowest BCUT2D eigenvalue weighted by Crippen LogP contribution is -2.00. The second-order valence-electron chi connectivity index (χ2n) is 3.26. The lowest BCUT2D eigenvalue weighted by atomic mass is 10.3. The summed E-state index contributed by atoms with van der Waals surface area (Å²) in [6.45, 7) is 0. The first-order chi connectivity index (χ1) is 8.19. The molecule has 0 bridgehead atoms. The van der Waals surface area contributed by atoms with E-state index in [0.717, 1.165) is 10.2 Å². The maximum absolute atomic E-state index is 5.87. The van der Waals surface area contributed by atoms with Crippen molar-refractivity contribution in [2.75, 3.05) is 17.7 Å². The monoisotopic (exact) mass is 312 g/mol. The molecule has 2 rings (SSSR count). The minimum Gasteiger partial charge on any atom is -0.357 e. The zero-order chi connectivity index (χ0) is 12.3. The highest BCUT2D eigenvalue weighted by Gasteiger charge is 2.02. The van der Waals surface area contributed by atoms with Crippen LogP contribution < -0.4 is 10.6 Å². The van der Waals surface area contributed by atoms with E-state index in [1.54, 1.807) is 19.3 Å². The molecule has 0 spiro atoms. The number of aromatic nitrogens is 2. The average Bonchev–Trinajstić information content (AvgIpc) is 2.33. The molecule has 0 atom stereocenters. The molecule has 0 saturated heterocycles. The number of hydrogen-bond acceptors (Lipinski definition) is 4. The first-order valence-corrected chi connectivity index (χ1v) is 6.09. The van der Waals surface area contributed by atoms with Gasteiger partial charge in [-0.2, -0.15) is 4.98 Å². The SMILES string of the molecule is CNc1nccc(Nc2ccc(Cl)cc2Br)n1. The van der Waals surface area contributed by atoms with Crippen molar-refractivity contribution >= 4 is 45.0 Å². The Kier molecular flexibility index (Phi) is 3.81. The second-order valence-corrected chi connectivity index (χ2v) is 4.56. The predicted octanol–water partition coefficient (Wildman–Crippen LogP) is 3.68. The van der Waals surface area contributed by atoms with Crippen LogP contribution in [0.15, 0.2) is 34.9 Å². The maximum Gasteiger partial charge on any atom is 0.224 e. The van der Waals surface area contributed by atoms with Gasteiger partial charge in [-0.25, -0.2) is 4.98 Å². The van der Waals surface area contributed by atoms with E-state index in [1.807, 2.05) is 18.2 Å². The summed E-state index contributed by atoms with van der Waals surface area (Å²) in [4.78, 5) is 8.30. The van der Waals surface area contributed by atoms with Crippen molar-refractivity contribution in [1.29, 1.82) is 0 Å². The fraction of sp³-hybridized carbons (Fsp3) is 0.0909. The molecule has 0 unspecified atom stereocenters. The third kappa shape index (κ3) is 3.08. The molecule has 17 heavy (non-hydrogen) atoms. The summed E-state index contributed by atoms with van der Waals surface area (Å²) in [6.07, 6.45) is 1.69. The fourth-order valence-electron chi connectivity index (χ4n) is 1.28. The Hall–Kier alpha value is -1.33. The number of halogens is 2. The van der Waals surface area contributed by atoms with E-state index in [-0.39, 0.29) is 0 Å². The van der Waals surface area contributed by atoms with Gasteiger partial charge in [-0.15, -0.1) is 0 Å². The number of rotatable bonds is 3. The van der Waals surface area contributed by atoms with Gasteiger partial charge < -0.3 is 10.6 Å². The Morgan fingerprint density at radius 2 is 2.12 bits per heavy atom. The molecule has 2 aromatic rings. The Labute approximate surface area is 113 Å². The van der Waals surface area contributed by atoms with Gasteiger partial charge in [-0.05, 0) is 40.2 Å². The van der Waals surface area contributed by atoms with E-state index in [2.05, 4.69) is 36.5 Å². The topological polar surface area (TPSA) is 49.8 Å². The van der Waals surface area contributed by atoms with Gasteiger partial charge in [0.15, 0.2) is 0 Å². The van der Waals surface area contributed by atoms with Gasteiger partial charge in [0.2, 0.25) is 5.95 Å². The summed E-state index contributed by atoms with van der Waals surface area (Å²) in [7, 11) is 1.78. The van der Waals surface area contributed by atoms with Gasteiger partial charge in [-0.3, -0.25) is 0 Å². The minimum absolute atomic E-state index is 0.570. The number of nitrogens with one attached hydrogen (secondary N) is 2. The first kappa shape index (κ1) is 12.1. The van der Waals surface area contributed by atoms with Crippen molar-refractivity contribution in [3.05, 3.63) is 40.0 Å². The van der Waals surface area contributed by atoms with Crippen LogP contribution in [0.2, 0.25) is 5.02 Å². The van der Waals surface area contributed by atoms with Crippen LogP contribution in [0, 0.1) is 0 Å². The fourth-order valence-corrected chi connectivity index (χ4v) is 2.06. The molecule has 0 fully saturated rings. The molecule has 2 N–H and O–H groups in total. The first-order valence-electron chi connectivity index (χ1n) is 4.92. The molecule has 1 aromatic heterocycles. The van der Waals surface area contributed by atoms with Crippen molar-refractivity contribution < 1.29 is 0 Å². The van der Waals surface area contributed by atoms with E-state index in [9.17, 15) is 0 Å². The molecule has 6 heteroatoms. The van der Waals surface area contributed by atoms with Crippen LogP contribution in [-0.2, 0) is 0 Å². The minimum atomic E-state index is 0.570. The largest absolute Gasteiger partial charge is 0.357 e. The third-order valence-electron chi connectivity index (χ3n) is 2.07. The van der Waals surface area contributed by atoms with Gasteiger partial charge in [0.25, 0.3) is 0 Å². The normalized spacial score (nSPS) is 10.1. The summed E-state index contributed by atoms with van der Waals surface area (Å²) < 4.78 is 0.884. The third-order valence-corrected chi connectivity index (χ3v) is 2.96. The van der Waals surface area contributed by atoms with Crippen molar-refractivity contribution in [2.45, 2.75) is 0 Å². The zero-order valence-corrected chi connectivity index (χ0v) is 11.4. The highest BCUT2D eigenvalue weighted by Crippen LogP contribution is 2.28. The number of hydrogen-bond donors (Lipinski definition) is 2. The summed E-state index contributed by atoms with van der Waals surface area (Å²) >= 11 is 9.31. The predicted molar refractivity (Wildman–Crippen MR) is 74.0 cm³/mol. The van der Waals surface area contributed by atoms with Crippen molar-refractivity contribution in [2.24, 2.45) is 0 Å². The Morgan fingerprint density at radius 1 is 1.29 bits per heavy atom. The smallest absolute Gasteiger partial charge is 0.224 e. The lowest BCUT2D eigenvalue weighted by molar-refractivity contribution is 1.15. The summed E-state index contributed by atoms with van der Waals surface area (Å²) in [6, 6.07) is 7.31. The summed E-state index contributed by atoms with van der Waals surface area (Å²) in [5.74, 6) is 1.28. The van der Waals surface area contributed by atoms with Crippen LogP contribution in [0.25, 0.3) is 0 Å². The zero-order valence-electron chi connectivity index (χ0n) is 9.04. The van der Waals surface area contributed by atoms with Crippen molar-refractivity contribution in [3.8, 4) is 0 Å². The van der Waals surface area contributed by atoms with Gasteiger partial charge in [0.05, 0.1) is 5.69 Å². The highest BCUT2D eigenvalue weighted by molar-refractivity contribution is 9.10. The molecular weight excluding hydrogens is 304 g/mol. The molecule has 0 aliphatic rings. The molecule has 0 aliphatic heterocycles. The molecule has 88 valence electrons. The van der Waals surface area contributed by atoms with Crippen LogP contribution in [0.5, 0.6) is 0 Å². The average molecular weight is 314 g/mol. The highest BCUT2D eigenvalue weighted by atomic mass is 79.9. The van der Waals surface area contributed by atoms with E-state index in [4.69, 9.17) is 11.6 Å². The number of nitrogens with zero attached hydrogens (tertiary/aromatic N) is 2. The molecular formula is C11H10BrClN4. The van der Waals surface area contributed by atoms with Crippen molar-refractivity contribution in [1.82, 2.24) is 9.97 Å². The maximum atomic E-state index is 5.87. The van der Waals surface area contributed by atoms with Gasteiger partial charge in [0.1, 0.15) is 5.82 Å². The summed E-state index contributed by atoms with van der Waals surface area (Å²) in [5.41, 5.74) is 0.898. The van der Waals surface area contributed by atoms with E-state index < -0.39 is 0 Å². The molecule has 1 aromatic carbocycles. The number of anilines is 3. The van der Waals surface area contributed by atoms with Gasteiger partial charge >= 0.3 is 0 Å². The lowest BCUT2D eigenvalue weighted by Gasteiger charge is -2.08. The number of benzene rings is 1. The molecule has 0 aliphatic carbocycles. The molecule has 0 saturated carbocycles. The van der Waals surface area contributed by atoms with Crippen molar-refractivity contribution in [3.63, 3.8) is 0 Å². The molecule has 0 radical (unpaired) electrons. The molecule has 4 nitrogen and oxygen atoms in total. The molecule has 1 heterocycles. The Balaban J connectivity index is 2.25. The Bertz CT molecular complexity index is 533. The van der Waals surface area contributed by atoms with Crippen LogP contribution in [0.4, 0.5) is 17.5 Å².